The van der Waals surface area contributed by atoms with Crippen LogP contribution in [-0.2, 0) is 19.9 Å². The van der Waals surface area contributed by atoms with Crippen LogP contribution in [0.1, 0.15) is 11.3 Å². The lowest BCUT2D eigenvalue weighted by Gasteiger charge is -2.10. The first-order valence-corrected chi connectivity index (χ1v) is 7.28. The van der Waals surface area contributed by atoms with Crippen molar-refractivity contribution < 1.29 is 9.53 Å². The van der Waals surface area contributed by atoms with E-state index in [0.717, 1.165) is 19.4 Å². The van der Waals surface area contributed by atoms with Crippen LogP contribution >= 0.6 is 0 Å². The number of nitrogens with zero attached hydrogens (tertiary/aromatic N) is 1. The fourth-order valence-corrected chi connectivity index (χ4v) is 3.33. The highest BCUT2D eigenvalue weighted by Crippen LogP contribution is 2.36. The van der Waals surface area contributed by atoms with E-state index in [2.05, 4.69) is 22.2 Å². The van der Waals surface area contributed by atoms with Crippen molar-refractivity contribution in [3.05, 3.63) is 29.5 Å². The summed E-state index contributed by atoms with van der Waals surface area (Å²) in [6.45, 7) is 1.03. The minimum atomic E-state index is -0.435. The van der Waals surface area contributed by atoms with E-state index in [9.17, 15) is 4.79 Å². The zero-order chi connectivity index (χ0) is 15.0. The van der Waals surface area contributed by atoms with E-state index in [1.54, 1.807) is 7.05 Å². The van der Waals surface area contributed by atoms with Gasteiger partial charge in [0.1, 0.15) is 5.75 Å². The zero-order valence-corrected chi connectivity index (χ0v) is 12.7. The van der Waals surface area contributed by atoms with E-state index in [-0.39, 0.29) is 0 Å². The van der Waals surface area contributed by atoms with Crippen LogP contribution in [0.2, 0.25) is 0 Å². The van der Waals surface area contributed by atoms with E-state index in [1.807, 2.05) is 25.2 Å². The van der Waals surface area contributed by atoms with E-state index in [4.69, 9.17) is 4.74 Å². The number of aryl methyl sites for hydroxylation is 1. The quantitative estimate of drug-likeness (QED) is 0.905. The number of amides is 1. The summed E-state index contributed by atoms with van der Waals surface area (Å²) in [6, 6.07) is 5.85. The molecule has 1 amide bonds. The summed E-state index contributed by atoms with van der Waals surface area (Å²) in [5.41, 5.74) is 4.00. The molecule has 0 saturated heterocycles. The monoisotopic (exact) mass is 287 g/mol. The van der Waals surface area contributed by atoms with Gasteiger partial charge in [-0.1, -0.05) is 0 Å². The van der Waals surface area contributed by atoms with Crippen molar-refractivity contribution in [2.75, 3.05) is 20.6 Å². The Morgan fingerprint density at radius 3 is 2.90 bits per heavy atom. The Kier molecular flexibility index (Phi) is 3.59. The molecule has 2 N–H and O–H groups in total. The highest BCUT2D eigenvalue weighted by atomic mass is 16.5. The number of ether oxygens (including phenoxy) is 1. The SMILES string of the molecule is CNCC1Cc2c(n(C)c3ccc(OC(=O)NC)cc23)C1. The maximum absolute atomic E-state index is 11.3. The molecule has 1 unspecified atom stereocenters. The molecule has 21 heavy (non-hydrogen) atoms. The predicted octanol–water partition coefficient (Wildman–Crippen LogP) is 1.83. The lowest BCUT2D eigenvalue weighted by molar-refractivity contribution is 0.203. The molecule has 1 atom stereocenters. The highest BCUT2D eigenvalue weighted by Gasteiger charge is 2.27. The summed E-state index contributed by atoms with van der Waals surface area (Å²) in [7, 11) is 5.67. The van der Waals surface area contributed by atoms with Crippen LogP contribution in [-0.4, -0.2) is 31.3 Å². The molecular formula is C16H21N3O2. The number of carbonyl (C=O) groups is 1. The summed E-state index contributed by atoms with van der Waals surface area (Å²) < 4.78 is 7.51. The van der Waals surface area contributed by atoms with Gasteiger partial charge in [0.05, 0.1) is 0 Å². The van der Waals surface area contributed by atoms with Gasteiger partial charge in [-0.2, -0.15) is 0 Å². The molecule has 3 rings (SSSR count). The van der Waals surface area contributed by atoms with Crippen LogP contribution in [0.15, 0.2) is 18.2 Å². The van der Waals surface area contributed by atoms with Gasteiger partial charge >= 0.3 is 6.09 Å². The minimum absolute atomic E-state index is 0.435. The number of benzene rings is 1. The van der Waals surface area contributed by atoms with Gasteiger partial charge in [0.25, 0.3) is 0 Å². The van der Waals surface area contributed by atoms with Crippen LogP contribution in [0.25, 0.3) is 10.9 Å². The Morgan fingerprint density at radius 1 is 1.38 bits per heavy atom. The maximum Gasteiger partial charge on any atom is 0.412 e. The second-order valence-electron chi connectivity index (χ2n) is 5.63. The number of hydrogen-bond acceptors (Lipinski definition) is 3. The lowest BCUT2D eigenvalue weighted by atomic mass is 10.0. The standard InChI is InChI=1S/C16H21N3O2/c1-17-9-10-6-12-13-8-11(21-16(20)18-2)4-5-14(13)19(3)15(12)7-10/h4-5,8,10,17H,6-7,9H2,1-3H3,(H,18,20). The Balaban J connectivity index is 1.98. The fourth-order valence-electron chi connectivity index (χ4n) is 3.33. The van der Waals surface area contributed by atoms with Crippen LogP contribution < -0.4 is 15.4 Å². The smallest absolute Gasteiger partial charge is 0.410 e. The van der Waals surface area contributed by atoms with Crippen molar-refractivity contribution >= 4 is 17.0 Å². The predicted molar refractivity (Wildman–Crippen MR) is 82.8 cm³/mol. The molecule has 0 fully saturated rings. The van der Waals surface area contributed by atoms with Gasteiger partial charge in [0.2, 0.25) is 0 Å². The Hall–Kier alpha value is -2.01. The van der Waals surface area contributed by atoms with E-state index >= 15 is 0 Å². The third-order valence-electron chi connectivity index (χ3n) is 4.29. The first-order valence-electron chi connectivity index (χ1n) is 7.28. The van der Waals surface area contributed by atoms with Gasteiger partial charge < -0.3 is 19.9 Å². The molecule has 0 aliphatic heterocycles. The molecule has 0 saturated carbocycles. The van der Waals surface area contributed by atoms with Gasteiger partial charge in [0, 0.05) is 30.7 Å². The topological polar surface area (TPSA) is 55.3 Å². The van der Waals surface area contributed by atoms with Gasteiger partial charge in [-0.25, -0.2) is 4.79 Å². The molecule has 1 aromatic heterocycles. The average molecular weight is 287 g/mol. The molecule has 1 aliphatic rings. The normalized spacial score (nSPS) is 17.0. The minimum Gasteiger partial charge on any atom is -0.410 e. The van der Waals surface area contributed by atoms with E-state index in [0.29, 0.717) is 11.7 Å². The van der Waals surface area contributed by atoms with Crippen molar-refractivity contribution in [1.29, 1.82) is 0 Å². The third kappa shape index (κ3) is 2.38. The zero-order valence-electron chi connectivity index (χ0n) is 12.7. The lowest BCUT2D eigenvalue weighted by Crippen LogP contribution is -2.22. The number of fused-ring (bicyclic) bond motifs is 3. The van der Waals surface area contributed by atoms with Gasteiger partial charge in [-0.15, -0.1) is 0 Å². The molecule has 0 bridgehead atoms. The first kappa shape index (κ1) is 13.9. The molecule has 5 nitrogen and oxygen atoms in total. The summed E-state index contributed by atoms with van der Waals surface area (Å²) in [6.07, 6.45) is 1.75. The maximum atomic E-state index is 11.3. The van der Waals surface area contributed by atoms with E-state index < -0.39 is 6.09 Å². The van der Waals surface area contributed by atoms with Crippen molar-refractivity contribution in [2.45, 2.75) is 12.8 Å². The third-order valence-corrected chi connectivity index (χ3v) is 4.29. The highest BCUT2D eigenvalue weighted by molar-refractivity contribution is 5.88. The average Bonchev–Trinajstić information content (AvgIpc) is 2.99. The van der Waals surface area contributed by atoms with Gasteiger partial charge in [-0.05, 0) is 56.1 Å². The molecule has 1 heterocycles. The second kappa shape index (κ2) is 5.41. The fraction of sp³-hybridized carbons (Fsp3) is 0.438. The molecular weight excluding hydrogens is 266 g/mol. The van der Waals surface area contributed by atoms with Crippen LogP contribution in [0.3, 0.4) is 0 Å². The van der Waals surface area contributed by atoms with Gasteiger partial charge in [-0.3, -0.25) is 0 Å². The summed E-state index contributed by atoms with van der Waals surface area (Å²) >= 11 is 0. The van der Waals surface area contributed by atoms with Crippen molar-refractivity contribution in [3.63, 3.8) is 0 Å². The van der Waals surface area contributed by atoms with Gasteiger partial charge in [0.15, 0.2) is 0 Å². The number of rotatable bonds is 3. The van der Waals surface area contributed by atoms with Crippen LogP contribution in [0, 0.1) is 5.92 Å². The number of aromatic nitrogens is 1. The summed E-state index contributed by atoms with van der Waals surface area (Å²) in [4.78, 5) is 11.3. The Morgan fingerprint density at radius 2 is 2.19 bits per heavy atom. The molecule has 1 aliphatic carbocycles. The molecule has 0 spiro atoms. The molecule has 0 radical (unpaired) electrons. The Labute approximate surface area is 124 Å². The molecule has 1 aromatic carbocycles. The van der Waals surface area contributed by atoms with Crippen molar-refractivity contribution in [3.8, 4) is 5.75 Å². The van der Waals surface area contributed by atoms with Crippen LogP contribution in [0.5, 0.6) is 5.75 Å². The summed E-state index contributed by atoms with van der Waals surface area (Å²) in [5.74, 6) is 1.24. The second-order valence-corrected chi connectivity index (χ2v) is 5.63. The molecule has 112 valence electrons. The van der Waals surface area contributed by atoms with Crippen LogP contribution in [0.4, 0.5) is 4.79 Å². The van der Waals surface area contributed by atoms with Crippen molar-refractivity contribution in [1.82, 2.24) is 15.2 Å². The number of carbonyl (C=O) groups excluding carboxylic acids is 1. The number of hydrogen-bond donors (Lipinski definition) is 2. The van der Waals surface area contributed by atoms with E-state index in [1.165, 1.54) is 22.2 Å². The first-order chi connectivity index (χ1) is 10.1. The number of nitrogens with one attached hydrogen (secondary N) is 2. The largest absolute Gasteiger partial charge is 0.412 e. The molecule has 2 aromatic rings. The molecule has 5 heteroatoms. The Bertz CT molecular complexity index is 690. The van der Waals surface area contributed by atoms with Crippen molar-refractivity contribution in [2.24, 2.45) is 13.0 Å². The summed E-state index contributed by atoms with van der Waals surface area (Å²) in [5, 5.41) is 6.93.